The fourth-order valence-electron chi connectivity index (χ4n) is 3.69. The number of hydrogen-bond acceptors (Lipinski definition) is 6. The smallest absolute Gasteiger partial charge is 0.258 e. The average Bonchev–Trinajstić information content (AvgIpc) is 3.31. The van der Waals surface area contributed by atoms with Gasteiger partial charge in [-0.1, -0.05) is 23.8 Å². The van der Waals surface area contributed by atoms with E-state index in [1.807, 2.05) is 13.0 Å². The number of aromatic amines is 1. The predicted octanol–water partition coefficient (Wildman–Crippen LogP) is 2.51. The van der Waals surface area contributed by atoms with E-state index in [1.165, 1.54) is 28.6 Å². The van der Waals surface area contributed by atoms with E-state index in [9.17, 15) is 23.3 Å². The van der Waals surface area contributed by atoms with E-state index in [-0.39, 0.29) is 16.3 Å². The van der Waals surface area contributed by atoms with Gasteiger partial charge < -0.3 is 4.98 Å². The molecule has 1 fully saturated rings. The first kappa shape index (κ1) is 20.9. The second-order valence-electron chi connectivity index (χ2n) is 7.53. The van der Waals surface area contributed by atoms with Crippen LogP contribution in [0.3, 0.4) is 0 Å². The lowest BCUT2D eigenvalue weighted by atomic mass is 9.98. The van der Waals surface area contributed by atoms with Crippen LogP contribution in [-0.2, 0) is 10.0 Å². The van der Waals surface area contributed by atoms with Crippen LogP contribution in [0, 0.1) is 18.3 Å². The van der Waals surface area contributed by atoms with Crippen molar-refractivity contribution in [3.8, 4) is 6.07 Å². The van der Waals surface area contributed by atoms with Crippen LogP contribution in [0.1, 0.15) is 40.5 Å². The number of hydrogen-bond donors (Lipinski definition) is 1. The Bertz CT molecular complexity index is 1370. The van der Waals surface area contributed by atoms with Crippen molar-refractivity contribution in [3.05, 3.63) is 69.8 Å². The van der Waals surface area contributed by atoms with Gasteiger partial charge in [-0.05, 0) is 44.0 Å². The molecule has 1 aliphatic rings. The summed E-state index contributed by atoms with van der Waals surface area (Å²) in [5, 5.41) is 9.99. The van der Waals surface area contributed by atoms with Gasteiger partial charge in [-0.3, -0.25) is 9.59 Å². The van der Waals surface area contributed by atoms with E-state index in [4.69, 9.17) is 0 Å². The van der Waals surface area contributed by atoms with E-state index < -0.39 is 27.3 Å². The van der Waals surface area contributed by atoms with Crippen molar-refractivity contribution in [2.24, 2.45) is 0 Å². The third-order valence-corrected chi connectivity index (χ3v) is 7.30. The largest absolute Gasteiger partial charge is 0.308 e. The third-order valence-electron chi connectivity index (χ3n) is 5.39. The van der Waals surface area contributed by atoms with E-state index in [1.54, 1.807) is 18.2 Å². The van der Waals surface area contributed by atoms with Crippen molar-refractivity contribution in [1.82, 2.24) is 14.3 Å². The number of carbonyl (C=O) groups excluding carboxylic acids is 1. The van der Waals surface area contributed by atoms with Crippen LogP contribution in [0.2, 0.25) is 0 Å². The minimum absolute atomic E-state index is 0.0392. The summed E-state index contributed by atoms with van der Waals surface area (Å²) in [6, 6.07) is 12.6. The molecule has 0 saturated carbocycles. The molecule has 2 aromatic carbocycles. The first-order chi connectivity index (χ1) is 14.8. The number of carbonyl (C=O) groups is 1. The summed E-state index contributed by atoms with van der Waals surface area (Å²) in [5.74, 6) is -1.93. The van der Waals surface area contributed by atoms with Gasteiger partial charge in [0, 0.05) is 18.7 Å². The van der Waals surface area contributed by atoms with E-state index >= 15 is 0 Å². The van der Waals surface area contributed by atoms with E-state index in [0.717, 1.165) is 18.4 Å². The van der Waals surface area contributed by atoms with Crippen LogP contribution in [0.5, 0.6) is 0 Å². The highest BCUT2D eigenvalue weighted by Gasteiger charge is 2.29. The Morgan fingerprint density at radius 3 is 2.48 bits per heavy atom. The molecule has 9 heteroatoms. The molecule has 3 aromatic rings. The molecule has 0 amide bonds. The van der Waals surface area contributed by atoms with Gasteiger partial charge in [-0.15, -0.1) is 0 Å². The van der Waals surface area contributed by atoms with Gasteiger partial charge in [-0.2, -0.15) is 9.57 Å². The number of nitrogens with one attached hydrogen (secondary N) is 1. The highest BCUT2D eigenvalue weighted by molar-refractivity contribution is 7.89. The van der Waals surface area contributed by atoms with Gasteiger partial charge in [0.1, 0.15) is 5.82 Å². The maximum Gasteiger partial charge on any atom is 0.258 e. The quantitative estimate of drug-likeness (QED) is 0.613. The standard InChI is InChI=1S/C22H20N4O4S/c1-14-4-9-19-17(12-14)22(28)25-21(24-19)18(13-23)20(27)15-5-7-16(8-6-15)31(29,30)26-10-2-3-11-26/h4-9,12,18H,2-3,10-11H2,1H3,(H,24,25,28)/t18-/m1/s1. The molecule has 1 aromatic heterocycles. The molecular weight excluding hydrogens is 416 g/mol. The molecule has 0 aliphatic carbocycles. The van der Waals surface area contributed by atoms with Crippen LogP contribution >= 0.6 is 0 Å². The molecular formula is C22H20N4O4S. The van der Waals surface area contributed by atoms with Crippen molar-refractivity contribution < 1.29 is 13.2 Å². The average molecular weight is 436 g/mol. The van der Waals surface area contributed by atoms with Crippen molar-refractivity contribution in [1.29, 1.82) is 5.26 Å². The lowest BCUT2D eigenvalue weighted by molar-refractivity contribution is 0.0976. The molecule has 2 heterocycles. The molecule has 0 unspecified atom stereocenters. The molecule has 0 spiro atoms. The molecule has 1 aliphatic heterocycles. The molecule has 1 N–H and O–H groups in total. The number of nitriles is 1. The van der Waals surface area contributed by atoms with E-state index in [0.29, 0.717) is 24.0 Å². The normalized spacial score (nSPS) is 15.6. The Kier molecular flexibility index (Phi) is 5.43. The number of aromatic nitrogens is 2. The number of fused-ring (bicyclic) bond motifs is 1. The van der Waals surface area contributed by atoms with Crippen LogP contribution in [0.25, 0.3) is 10.9 Å². The zero-order chi connectivity index (χ0) is 22.2. The van der Waals surface area contributed by atoms with Crippen molar-refractivity contribution in [2.45, 2.75) is 30.6 Å². The van der Waals surface area contributed by atoms with Gasteiger partial charge >= 0.3 is 0 Å². The maximum atomic E-state index is 13.0. The van der Waals surface area contributed by atoms with Crippen molar-refractivity contribution >= 4 is 26.7 Å². The zero-order valence-electron chi connectivity index (χ0n) is 16.8. The SMILES string of the molecule is Cc1ccc2nc([C@H](C#N)C(=O)c3ccc(S(=O)(=O)N4CCCC4)cc3)[nH]c(=O)c2c1. The number of H-pyrrole nitrogens is 1. The first-order valence-electron chi connectivity index (χ1n) is 9.86. The highest BCUT2D eigenvalue weighted by atomic mass is 32.2. The zero-order valence-corrected chi connectivity index (χ0v) is 17.6. The summed E-state index contributed by atoms with van der Waals surface area (Å²) in [6.45, 7) is 2.82. The summed E-state index contributed by atoms with van der Waals surface area (Å²) in [6.07, 6.45) is 1.66. The minimum atomic E-state index is -3.60. The molecule has 4 rings (SSSR count). The van der Waals surface area contributed by atoms with Crippen LogP contribution < -0.4 is 5.56 Å². The number of Topliss-reactive ketones (excluding diaryl/α,β-unsaturated/α-hetero) is 1. The minimum Gasteiger partial charge on any atom is -0.308 e. The lowest BCUT2D eigenvalue weighted by Gasteiger charge is -2.15. The summed E-state index contributed by atoms with van der Waals surface area (Å²) in [7, 11) is -3.60. The molecule has 0 bridgehead atoms. The van der Waals surface area contributed by atoms with Crippen LogP contribution in [0.4, 0.5) is 0 Å². The molecule has 31 heavy (non-hydrogen) atoms. The Hall–Kier alpha value is -3.35. The topological polar surface area (TPSA) is 124 Å². The summed E-state index contributed by atoms with van der Waals surface area (Å²) in [5.41, 5.74) is 1.02. The van der Waals surface area contributed by atoms with Crippen LogP contribution in [0.15, 0.2) is 52.2 Å². The summed E-state index contributed by atoms with van der Waals surface area (Å²) in [4.78, 5) is 32.3. The lowest BCUT2D eigenvalue weighted by Crippen LogP contribution is -2.27. The van der Waals surface area contributed by atoms with Crippen molar-refractivity contribution in [2.75, 3.05) is 13.1 Å². The number of rotatable bonds is 5. The van der Waals surface area contributed by atoms with Gasteiger partial charge in [-0.25, -0.2) is 13.4 Å². The number of nitrogens with zero attached hydrogens (tertiary/aromatic N) is 3. The Morgan fingerprint density at radius 2 is 1.84 bits per heavy atom. The molecule has 1 saturated heterocycles. The Balaban J connectivity index is 1.65. The summed E-state index contributed by atoms with van der Waals surface area (Å²) >= 11 is 0. The second kappa shape index (κ2) is 8.06. The van der Waals surface area contributed by atoms with Gasteiger partial charge in [0.15, 0.2) is 11.7 Å². The highest BCUT2D eigenvalue weighted by Crippen LogP contribution is 2.23. The third kappa shape index (κ3) is 3.87. The fourth-order valence-corrected chi connectivity index (χ4v) is 5.20. The monoisotopic (exact) mass is 436 g/mol. The molecule has 8 nitrogen and oxygen atoms in total. The number of sulfonamides is 1. The van der Waals surface area contributed by atoms with Gasteiger partial charge in [0.2, 0.25) is 10.0 Å². The van der Waals surface area contributed by atoms with Gasteiger partial charge in [0.05, 0.1) is 21.9 Å². The first-order valence-corrected chi connectivity index (χ1v) is 11.3. The molecule has 0 radical (unpaired) electrons. The Labute approximate surface area is 179 Å². The van der Waals surface area contributed by atoms with Crippen molar-refractivity contribution in [3.63, 3.8) is 0 Å². The van der Waals surface area contributed by atoms with E-state index in [2.05, 4.69) is 9.97 Å². The number of ketones is 1. The molecule has 1 atom stereocenters. The van der Waals surface area contributed by atoms with Crippen LogP contribution in [-0.4, -0.2) is 41.6 Å². The second-order valence-corrected chi connectivity index (χ2v) is 9.47. The predicted molar refractivity (Wildman–Crippen MR) is 114 cm³/mol. The molecule has 158 valence electrons. The number of benzene rings is 2. The van der Waals surface area contributed by atoms with Gasteiger partial charge in [0.25, 0.3) is 5.56 Å². The Morgan fingerprint density at radius 1 is 1.16 bits per heavy atom. The summed E-state index contributed by atoms with van der Waals surface area (Å²) < 4.78 is 26.7. The maximum absolute atomic E-state index is 13.0. The fraction of sp³-hybridized carbons (Fsp3) is 0.273. The number of aryl methyl sites for hydroxylation is 1.